The molecule has 0 saturated carbocycles. The highest BCUT2D eigenvalue weighted by molar-refractivity contribution is 7.17. The second-order valence-corrected chi connectivity index (χ2v) is 6.58. The summed E-state index contributed by atoms with van der Waals surface area (Å²) in [7, 11) is 0. The molecule has 0 aliphatic heterocycles. The molecule has 0 bridgehead atoms. The van der Waals surface area contributed by atoms with Crippen molar-refractivity contribution in [2.45, 2.75) is 25.7 Å². The van der Waals surface area contributed by atoms with Gasteiger partial charge in [0.25, 0.3) is 11.6 Å². The molecule has 0 unspecified atom stereocenters. The Morgan fingerprint density at radius 1 is 1.17 bits per heavy atom. The van der Waals surface area contributed by atoms with E-state index in [1.807, 2.05) is 0 Å². The Balaban J connectivity index is 1.87. The zero-order chi connectivity index (χ0) is 17.3. The minimum Gasteiger partial charge on any atom is -0.478 e. The number of benzene rings is 1. The molecule has 1 aliphatic carbocycles. The smallest absolute Gasteiger partial charge is 0.339 e. The van der Waals surface area contributed by atoms with Crippen molar-refractivity contribution < 1.29 is 19.6 Å². The van der Waals surface area contributed by atoms with Crippen molar-refractivity contribution in [3.63, 3.8) is 0 Å². The van der Waals surface area contributed by atoms with E-state index in [0.29, 0.717) is 11.4 Å². The van der Waals surface area contributed by atoms with Gasteiger partial charge in [0.1, 0.15) is 5.00 Å². The van der Waals surface area contributed by atoms with E-state index >= 15 is 0 Å². The summed E-state index contributed by atoms with van der Waals surface area (Å²) < 4.78 is 0. The van der Waals surface area contributed by atoms with Crippen molar-refractivity contribution in [1.29, 1.82) is 0 Å². The Hall–Kier alpha value is -2.74. The number of carboxylic acid groups (broad SMARTS) is 1. The Morgan fingerprint density at radius 3 is 2.46 bits per heavy atom. The van der Waals surface area contributed by atoms with Gasteiger partial charge in [-0.2, -0.15) is 0 Å². The number of carbonyl (C=O) groups excluding carboxylic acids is 1. The van der Waals surface area contributed by atoms with E-state index < -0.39 is 16.8 Å². The van der Waals surface area contributed by atoms with Crippen molar-refractivity contribution in [3.05, 3.63) is 55.9 Å². The van der Waals surface area contributed by atoms with Gasteiger partial charge in [-0.05, 0) is 43.4 Å². The quantitative estimate of drug-likeness (QED) is 0.650. The second kappa shape index (κ2) is 6.40. The number of nitro benzene ring substituents is 1. The molecular formula is C16H14N2O5S. The number of amides is 1. The highest BCUT2D eigenvalue weighted by Gasteiger charge is 2.26. The van der Waals surface area contributed by atoms with Crippen LogP contribution >= 0.6 is 11.3 Å². The van der Waals surface area contributed by atoms with E-state index in [4.69, 9.17) is 0 Å². The largest absolute Gasteiger partial charge is 0.478 e. The summed E-state index contributed by atoms with van der Waals surface area (Å²) >= 11 is 1.30. The summed E-state index contributed by atoms with van der Waals surface area (Å²) in [6.45, 7) is 0. The number of fused-ring (bicyclic) bond motifs is 1. The summed E-state index contributed by atoms with van der Waals surface area (Å²) in [6, 6.07) is 5.18. The van der Waals surface area contributed by atoms with E-state index in [1.165, 1.54) is 35.6 Å². The number of nitrogens with zero attached hydrogens (tertiary/aromatic N) is 1. The van der Waals surface area contributed by atoms with Gasteiger partial charge in [-0.25, -0.2) is 4.79 Å². The first kappa shape index (κ1) is 16.1. The van der Waals surface area contributed by atoms with Gasteiger partial charge in [0.2, 0.25) is 0 Å². The first-order valence-corrected chi connectivity index (χ1v) is 8.22. The fraction of sp³-hybridized carbons (Fsp3) is 0.250. The third kappa shape index (κ3) is 3.00. The van der Waals surface area contributed by atoms with E-state index in [1.54, 1.807) is 0 Å². The first-order chi connectivity index (χ1) is 11.5. The number of rotatable bonds is 4. The molecule has 8 heteroatoms. The fourth-order valence-electron chi connectivity index (χ4n) is 2.79. The summed E-state index contributed by atoms with van der Waals surface area (Å²) in [6.07, 6.45) is 3.50. The number of aryl methyl sites for hydroxylation is 1. The molecule has 1 aromatic heterocycles. The van der Waals surface area contributed by atoms with Crippen molar-refractivity contribution in [2.75, 3.05) is 5.32 Å². The molecule has 7 nitrogen and oxygen atoms in total. The van der Waals surface area contributed by atoms with Crippen LogP contribution in [0.4, 0.5) is 10.7 Å². The number of nitro groups is 1. The van der Waals surface area contributed by atoms with Gasteiger partial charge in [-0.15, -0.1) is 11.3 Å². The maximum atomic E-state index is 12.3. The molecule has 1 amide bonds. The van der Waals surface area contributed by atoms with E-state index in [-0.39, 0.29) is 16.8 Å². The van der Waals surface area contributed by atoms with Crippen LogP contribution in [-0.2, 0) is 12.8 Å². The van der Waals surface area contributed by atoms with Gasteiger partial charge in [-0.3, -0.25) is 14.9 Å². The number of hydrogen-bond acceptors (Lipinski definition) is 5. The van der Waals surface area contributed by atoms with Gasteiger partial charge in [0.15, 0.2) is 0 Å². The number of carbonyl (C=O) groups is 2. The Bertz CT molecular complexity index is 826. The number of non-ortho nitro benzene ring substituents is 1. The van der Waals surface area contributed by atoms with Crippen LogP contribution in [0.5, 0.6) is 0 Å². The lowest BCUT2D eigenvalue weighted by Gasteiger charge is -2.10. The third-order valence-corrected chi connectivity index (χ3v) is 5.16. The summed E-state index contributed by atoms with van der Waals surface area (Å²) in [5.41, 5.74) is 1.12. The molecule has 0 saturated heterocycles. The number of aromatic carboxylic acids is 1. The molecule has 0 atom stereocenters. The maximum Gasteiger partial charge on any atom is 0.339 e. The minimum atomic E-state index is -1.05. The molecule has 1 heterocycles. The maximum absolute atomic E-state index is 12.3. The van der Waals surface area contributed by atoms with Crippen molar-refractivity contribution in [1.82, 2.24) is 0 Å². The molecule has 2 aromatic rings. The molecule has 0 fully saturated rings. The van der Waals surface area contributed by atoms with Crippen LogP contribution in [0.15, 0.2) is 24.3 Å². The zero-order valence-electron chi connectivity index (χ0n) is 12.6. The van der Waals surface area contributed by atoms with Gasteiger partial charge < -0.3 is 10.4 Å². The van der Waals surface area contributed by atoms with Gasteiger partial charge in [0, 0.05) is 22.6 Å². The highest BCUT2D eigenvalue weighted by atomic mass is 32.1. The van der Waals surface area contributed by atoms with Gasteiger partial charge in [0.05, 0.1) is 10.5 Å². The lowest BCUT2D eigenvalue weighted by molar-refractivity contribution is -0.384. The normalized spacial score (nSPS) is 13.2. The van der Waals surface area contributed by atoms with Gasteiger partial charge in [-0.1, -0.05) is 0 Å². The minimum absolute atomic E-state index is 0.107. The summed E-state index contributed by atoms with van der Waals surface area (Å²) in [5, 5.41) is 23.1. The molecular weight excluding hydrogens is 332 g/mol. The average molecular weight is 346 g/mol. The lowest BCUT2D eigenvalue weighted by atomic mass is 9.95. The predicted molar refractivity (Wildman–Crippen MR) is 89.0 cm³/mol. The summed E-state index contributed by atoms with van der Waals surface area (Å²) in [4.78, 5) is 35.0. The monoisotopic (exact) mass is 346 g/mol. The Morgan fingerprint density at radius 2 is 1.83 bits per heavy atom. The molecule has 1 aromatic carbocycles. The molecule has 124 valence electrons. The Labute approximate surface area is 141 Å². The predicted octanol–water partition coefficient (Wildman–Crippen LogP) is 3.49. The summed E-state index contributed by atoms with van der Waals surface area (Å²) in [5.74, 6) is -1.53. The standard InChI is InChI=1S/C16H14N2O5S/c19-14(9-5-7-10(8-6-9)18(22)23)17-15-13(16(20)21)11-3-1-2-4-12(11)24-15/h5-8H,1-4H2,(H,17,19)(H,20,21). The molecule has 0 radical (unpaired) electrons. The van der Waals surface area contributed by atoms with Crippen molar-refractivity contribution >= 4 is 33.9 Å². The van der Waals surface area contributed by atoms with Crippen molar-refractivity contribution in [2.24, 2.45) is 0 Å². The molecule has 1 aliphatic rings. The van der Waals surface area contributed by atoms with Crippen LogP contribution in [0.1, 0.15) is 44.0 Å². The van der Waals surface area contributed by atoms with E-state index in [9.17, 15) is 24.8 Å². The number of nitrogens with one attached hydrogen (secondary N) is 1. The molecule has 3 rings (SSSR count). The molecule has 2 N–H and O–H groups in total. The molecule has 24 heavy (non-hydrogen) atoms. The molecule has 0 spiro atoms. The zero-order valence-corrected chi connectivity index (χ0v) is 13.4. The topological polar surface area (TPSA) is 110 Å². The van der Waals surface area contributed by atoms with E-state index in [0.717, 1.165) is 29.7 Å². The Kier molecular flexibility index (Phi) is 4.30. The van der Waals surface area contributed by atoms with Crippen LogP contribution in [0, 0.1) is 10.1 Å². The number of thiophene rings is 1. The number of hydrogen-bond donors (Lipinski definition) is 2. The third-order valence-electron chi connectivity index (χ3n) is 3.95. The SMILES string of the molecule is O=C(Nc1sc2c(c1C(=O)O)CCCC2)c1ccc([N+](=O)[O-])cc1. The number of carboxylic acids is 1. The lowest BCUT2D eigenvalue weighted by Crippen LogP contribution is -2.14. The van der Waals surface area contributed by atoms with Crippen LogP contribution in [0.3, 0.4) is 0 Å². The van der Waals surface area contributed by atoms with Crippen LogP contribution in [-0.4, -0.2) is 21.9 Å². The van der Waals surface area contributed by atoms with Gasteiger partial charge >= 0.3 is 5.97 Å². The number of anilines is 1. The van der Waals surface area contributed by atoms with E-state index in [2.05, 4.69) is 5.32 Å². The fourth-order valence-corrected chi connectivity index (χ4v) is 4.07. The average Bonchev–Trinajstić information content (AvgIpc) is 2.92. The van der Waals surface area contributed by atoms with Crippen LogP contribution in [0.25, 0.3) is 0 Å². The van der Waals surface area contributed by atoms with Crippen LogP contribution < -0.4 is 5.32 Å². The first-order valence-electron chi connectivity index (χ1n) is 7.41. The highest BCUT2D eigenvalue weighted by Crippen LogP contribution is 2.38. The second-order valence-electron chi connectivity index (χ2n) is 5.48. The van der Waals surface area contributed by atoms with Crippen LogP contribution in [0.2, 0.25) is 0 Å². The van der Waals surface area contributed by atoms with Crippen molar-refractivity contribution in [3.8, 4) is 0 Å².